The van der Waals surface area contributed by atoms with Crippen LogP contribution in [0, 0.1) is 5.82 Å². The van der Waals surface area contributed by atoms with Crippen LogP contribution in [-0.2, 0) is 4.74 Å². The van der Waals surface area contributed by atoms with Crippen molar-refractivity contribution in [3.05, 3.63) is 60.5 Å². The summed E-state index contributed by atoms with van der Waals surface area (Å²) in [4.78, 5) is 11.5. The third kappa shape index (κ3) is 4.52. The monoisotopic (exact) mass is 397 g/mol. The van der Waals surface area contributed by atoms with Crippen LogP contribution in [0.15, 0.2) is 64.6 Å². The number of hydrogen-bond donors (Lipinski definition) is 2. The zero-order valence-corrected chi connectivity index (χ0v) is 16.0. The minimum absolute atomic E-state index is 0.364. The highest BCUT2D eigenvalue weighted by atomic mass is 32.2. The van der Waals surface area contributed by atoms with Gasteiger partial charge in [0.15, 0.2) is 0 Å². The Labute approximate surface area is 166 Å². The minimum atomic E-state index is -0.364. The van der Waals surface area contributed by atoms with Crippen LogP contribution >= 0.6 is 11.8 Å². The predicted molar refractivity (Wildman–Crippen MR) is 110 cm³/mol. The molecule has 2 aromatic carbocycles. The fourth-order valence-electron chi connectivity index (χ4n) is 2.88. The molecule has 3 N–H and O–H groups in total. The first kappa shape index (κ1) is 18.5. The molecule has 3 aromatic rings. The lowest BCUT2D eigenvalue weighted by Crippen LogP contribution is -2.36. The van der Waals surface area contributed by atoms with Crippen molar-refractivity contribution in [3.8, 4) is 0 Å². The third-order valence-electron chi connectivity index (χ3n) is 4.30. The second-order valence-electron chi connectivity index (χ2n) is 6.28. The van der Waals surface area contributed by atoms with E-state index < -0.39 is 0 Å². The van der Waals surface area contributed by atoms with Crippen LogP contribution in [0.3, 0.4) is 0 Å². The summed E-state index contributed by atoms with van der Waals surface area (Å²) >= 11 is 1.23. The Morgan fingerprint density at radius 1 is 1.07 bits per heavy atom. The van der Waals surface area contributed by atoms with Crippen LogP contribution in [-0.4, -0.2) is 36.3 Å². The van der Waals surface area contributed by atoms with Crippen LogP contribution in [0.2, 0.25) is 0 Å². The number of morpholine rings is 1. The van der Waals surface area contributed by atoms with Crippen molar-refractivity contribution < 1.29 is 9.13 Å². The van der Waals surface area contributed by atoms with Crippen molar-refractivity contribution in [2.75, 3.05) is 42.3 Å². The van der Waals surface area contributed by atoms with Gasteiger partial charge in [-0.05, 0) is 48.5 Å². The van der Waals surface area contributed by atoms with Crippen molar-refractivity contribution in [2.24, 2.45) is 0 Å². The van der Waals surface area contributed by atoms with Gasteiger partial charge in [0.05, 0.1) is 13.2 Å². The fraction of sp³-hybridized carbons (Fsp3) is 0.200. The van der Waals surface area contributed by atoms with Crippen LogP contribution in [0.4, 0.5) is 27.4 Å². The van der Waals surface area contributed by atoms with Gasteiger partial charge in [-0.3, -0.25) is 0 Å². The molecule has 2 heterocycles. The summed E-state index contributed by atoms with van der Waals surface area (Å²) < 4.78 is 19.4. The predicted octanol–water partition coefficient (Wildman–Crippen LogP) is 3.93. The van der Waals surface area contributed by atoms with Crippen LogP contribution in [0.1, 0.15) is 0 Å². The Kier molecular flexibility index (Phi) is 5.59. The van der Waals surface area contributed by atoms with Crippen LogP contribution in [0.5, 0.6) is 0 Å². The Balaban J connectivity index is 1.44. The third-order valence-corrected chi connectivity index (χ3v) is 5.29. The van der Waals surface area contributed by atoms with Crippen LogP contribution in [0.25, 0.3) is 0 Å². The molecule has 1 aromatic heterocycles. The summed E-state index contributed by atoms with van der Waals surface area (Å²) in [6.45, 7) is 3.31. The number of aromatic nitrogens is 2. The molecule has 0 radical (unpaired) electrons. The molecule has 1 aliphatic heterocycles. The summed E-state index contributed by atoms with van der Waals surface area (Å²) in [6.07, 6.45) is 1.65. The largest absolute Gasteiger partial charge is 0.399 e. The van der Waals surface area contributed by atoms with E-state index in [0.717, 1.165) is 37.7 Å². The molecular formula is C20H20FN5OS. The molecule has 4 rings (SSSR count). The van der Waals surface area contributed by atoms with E-state index in [0.29, 0.717) is 21.6 Å². The average molecular weight is 397 g/mol. The maximum atomic E-state index is 14.0. The van der Waals surface area contributed by atoms with E-state index >= 15 is 0 Å². The van der Waals surface area contributed by atoms with Gasteiger partial charge in [-0.2, -0.15) is 0 Å². The van der Waals surface area contributed by atoms with Crippen molar-refractivity contribution in [2.45, 2.75) is 9.92 Å². The van der Waals surface area contributed by atoms with Crippen molar-refractivity contribution in [1.82, 2.24) is 9.97 Å². The molecular weight excluding hydrogens is 377 g/mol. The fourth-order valence-corrected chi connectivity index (χ4v) is 3.66. The number of ether oxygens (including phenoxy) is 1. The first-order chi connectivity index (χ1) is 13.7. The molecule has 1 aliphatic rings. The van der Waals surface area contributed by atoms with Crippen molar-refractivity contribution in [3.63, 3.8) is 0 Å². The van der Waals surface area contributed by atoms with Gasteiger partial charge < -0.3 is 20.7 Å². The normalized spacial score (nSPS) is 14.1. The Morgan fingerprint density at radius 2 is 1.86 bits per heavy atom. The summed E-state index contributed by atoms with van der Waals surface area (Å²) in [5.74, 6) is 0.0943. The second-order valence-corrected chi connectivity index (χ2v) is 7.34. The molecule has 0 amide bonds. The maximum absolute atomic E-state index is 14.0. The summed E-state index contributed by atoms with van der Waals surface area (Å²) in [6, 6.07) is 14.5. The number of anilines is 4. The number of hydrogen-bond acceptors (Lipinski definition) is 7. The van der Waals surface area contributed by atoms with Gasteiger partial charge in [0.2, 0.25) is 5.95 Å². The first-order valence-electron chi connectivity index (χ1n) is 8.93. The Morgan fingerprint density at radius 3 is 2.61 bits per heavy atom. The van der Waals surface area contributed by atoms with E-state index in [1.54, 1.807) is 24.4 Å². The summed E-state index contributed by atoms with van der Waals surface area (Å²) in [5, 5.41) is 3.84. The molecule has 0 saturated carbocycles. The Hall–Kier alpha value is -2.84. The number of rotatable bonds is 5. The van der Waals surface area contributed by atoms with Crippen molar-refractivity contribution >= 4 is 34.8 Å². The number of halogens is 1. The average Bonchev–Trinajstić information content (AvgIpc) is 2.72. The molecule has 0 unspecified atom stereocenters. The molecule has 1 fully saturated rings. The highest BCUT2D eigenvalue weighted by Gasteiger charge is 2.11. The maximum Gasteiger partial charge on any atom is 0.228 e. The number of nitrogens with zero attached hydrogens (tertiary/aromatic N) is 3. The molecule has 28 heavy (non-hydrogen) atoms. The summed E-state index contributed by atoms with van der Waals surface area (Å²) in [7, 11) is 0. The molecule has 0 atom stereocenters. The van der Waals surface area contributed by atoms with Gasteiger partial charge in [-0.15, -0.1) is 0 Å². The zero-order chi connectivity index (χ0) is 19.3. The van der Waals surface area contributed by atoms with Gasteiger partial charge in [-0.25, -0.2) is 14.4 Å². The van der Waals surface area contributed by atoms with E-state index in [2.05, 4.69) is 32.3 Å². The van der Waals surface area contributed by atoms with E-state index in [9.17, 15) is 4.39 Å². The second kappa shape index (κ2) is 8.45. The van der Waals surface area contributed by atoms with Gasteiger partial charge in [0.25, 0.3) is 0 Å². The summed E-state index contributed by atoms with van der Waals surface area (Å²) in [5.41, 5.74) is 8.04. The SMILES string of the molecule is Nc1ccc(Sc2ccnc(Nc3ccc(N4CCOCC4)cc3)n2)c(F)c1. The van der Waals surface area contributed by atoms with Gasteiger partial charge >= 0.3 is 0 Å². The lowest BCUT2D eigenvalue weighted by molar-refractivity contribution is 0.122. The van der Waals surface area contributed by atoms with E-state index in [4.69, 9.17) is 10.5 Å². The lowest BCUT2D eigenvalue weighted by Gasteiger charge is -2.28. The molecule has 144 valence electrons. The standard InChI is InChI=1S/C20H20FN5OS/c21-17-13-14(22)1-6-18(17)28-19-7-8-23-20(25-19)24-15-2-4-16(5-3-15)26-9-11-27-12-10-26/h1-8,13H,9-12,22H2,(H,23,24,25). The highest BCUT2D eigenvalue weighted by molar-refractivity contribution is 7.99. The van der Waals surface area contributed by atoms with Gasteiger partial charge in [-0.1, -0.05) is 11.8 Å². The van der Waals surface area contributed by atoms with E-state index in [-0.39, 0.29) is 5.82 Å². The quantitative estimate of drug-likeness (QED) is 0.499. The van der Waals surface area contributed by atoms with Gasteiger partial charge in [0.1, 0.15) is 10.8 Å². The first-order valence-corrected chi connectivity index (χ1v) is 9.75. The molecule has 0 bridgehead atoms. The number of nitrogens with one attached hydrogen (secondary N) is 1. The zero-order valence-electron chi connectivity index (χ0n) is 15.1. The number of nitrogen functional groups attached to an aromatic ring is 1. The molecule has 6 nitrogen and oxygen atoms in total. The number of benzene rings is 2. The van der Waals surface area contributed by atoms with Crippen molar-refractivity contribution in [1.29, 1.82) is 0 Å². The topological polar surface area (TPSA) is 76.3 Å². The molecule has 0 spiro atoms. The smallest absolute Gasteiger partial charge is 0.228 e. The highest BCUT2D eigenvalue weighted by Crippen LogP contribution is 2.30. The Bertz CT molecular complexity index is 948. The number of nitrogens with two attached hydrogens (primary N) is 1. The lowest BCUT2D eigenvalue weighted by atomic mass is 10.2. The molecule has 1 saturated heterocycles. The van der Waals surface area contributed by atoms with Crippen LogP contribution < -0.4 is 16.0 Å². The molecule has 8 heteroatoms. The van der Waals surface area contributed by atoms with E-state index in [1.165, 1.54) is 17.8 Å². The van der Waals surface area contributed by atoms with Gasteiger partial charge in [0, 0.05) is 41.2 Å². The molecule has 0 aliphatic carbocycles. The minimum Gasteiger partial charge on any atom is -0.399 e. The van der Waals surface area contributed by atoms with E-state index in [1.807, 2.05) is 12.1 Å².